The van der Waals surface area contributed by atoms with Gasteiger partial charge < -0.3 is 0 Å². The fourth-order valence-corrected chi connectivity index (χ4v) is 2.16. The van der Waals surface area contributed by atoms with Gasteiger partial charge in [0.25, 0.3) is 5.69 Å². The Morgan fingerprint density at radius 3 is 2.47 bits per heavy atom. The predicted octanol–water partition coefficient (Wildman–Crippen LogP) is 4.20. The third-order valence-electron chi connectivity index (χ3n) is 2.36. The molecule has 5 heteroatoms. The molecule has 3 nitrogen and oxygen atoms in total. The first-order chi connectivity index (χ1) is 8.11. The van der Waals surface area contributed by atoms with Crippen LogP contribution in [-0.2, 0) is 0 Å². The average molecular weight is 266 g/mol. The van der Waals surface area contributed by atoms with Crippen molar-refractivity contribution in [1.82, 2.24) is 0 Å². The fraction of sp³-hybridized carbons (Fsp3) is 0. The highest BCUT2D eigenvalue weighted by Gasteiger charge is 2.19. The molecule has 86 valence electrons. The maximum absolute atomic E-state index is 11.0. The van der Waals surface area contributed by atoms with Crippen LogP contribution in [0.1, 0.15) is 0 Å². The van der Waals surface area contributed by atoms with Gasteiger partial charge in [-0.15, -0.1) is 12.6 Å². The third kappa shape index (κ3) is 2.28. The molecule has 2 aromatic carbocycles. The molecule has 0 saturated heterocycles. The summed E-state index contributed by atoms with van der Waals surface area (Å²) in [6.07, 6.45) is 0. The maximum Gasteiger partial charge on any atom is 0.278 e. The van der Waals surface area contributed by atoms with Gasteiger partial charge >= 0.3 is 0 Å². The molecule has 17 heavy (non-hydrogen) atoms. The van der Waals surface area contributed by atoms with Gasteiger partial charge in [0.2, 0.25) is 0 Å². The second-order valence-corrected chi connectivity index (χ2v) is 4.30. The molecule has 0 N–H and O–H groups in total. The summed E-state index contributed by atoms with van der Waals surface area (Å²) < 4.78 is 0. The Labute approximate surface area is 109 Å². The second-order valence-electron chi connectivity index (χ2n) is 3.41. The van der Waals surface area contributed by atoms with E-state index in [2.05, 4.69) is 12.6 Å². The number of hydrogen-bond acceptors (Lipinski definition) is 3. The van der Waals surface area contributed by atoms with E-state index in [1.54, 1.807) is 30.3 Å². The van der Waals surface area contributed by atoms with E-state index in [1.165, 1.54) is 6.07 Å². The third-order valence-corrected chi connectivity index (χ3v) is 3.07. The van der Waals surface area contributed by atoms with Crippen LogP contribution in [0.3, 0.4) is 0 Å². The average Bonchev–Trinajstić information content (AvgIpc) is 2.30. The zero-order valence-electron chi connectivity index (χ0n) is 8.63. The van der Waals surface area contributed by atoms with Gasteiger partial charge in [0.15, 0.2) is 0 Å². The Balaban J connectivity index is 2.75. The summed E-state index contributed by atoms with van der Waals surface area (Å²) in [7, 11) is 0. The predicted molar refractivity (Wildman–Crippen MR) is 70.8 cm³/mol. The largest absolute Gasteiger partial charge is 0.278 e. The summed E-state index contributed by atoms with van der Waals surface area (Å²) in [5, 5.41) is 11.3. The van der Waals surface area contributed by atoms with E-state index < -0.39 is 4.92 Å². The van der Waals surface area contributed by atoms with E-state index in [4.69, 9.17) is 11.6 Å². The molecule has 0 spiro atoms. The zero-order valence-corrected chi connectivity index (χ0v) is 10.3. The maximum atomic E-state index is 11.0. The van der Waals surface area contributed by atoms with Crippen molar-refractivity contribution in [3.05, 3.63) is 57.6 Å². The Bertz CT molecular complexity index is 586. The van der Waals surface area contributed by atoms with Crippen molar-refractivity contribution in [2.24, 2.45) is 0 Å². The highest BCUT2D eigenvalue weighted by atomic mass is 35.5. The van der Waals surface area contributed by atoms with E-state index in [0.29, 0.717) is 21.0 Å². The van der Waals surface area contributed by atoms with Crippen molar-refractivity contribution < 1.29 is 4.92 Å². The first-order valence-corrected chi connectivity index (χ1v) is 5.65. The molecule has 0 saturated carbocycles. The lowest BCUT2D eigenvalue weighted by atomic mass is 10.0. The van der Waals surface area contributed by atoms with Crippen LogP contribution in [0.5, 0.6) is 0 Å². The molecule has 0 aliphatic heterocycles. The first-order valence-electron chi connectivity index (χ1n) is 4.82. The lowest BCUT2D eigenvalue weighted by molar-refractivity contribution is -0.384. The van der Waals surface area contributed by atoms with Crippen LogP contribution in [-0.4, -0.2) is 4.92 Å². The summed E-state index contributed by atoms with van der Waals surface area (Å²) in [4.78, 5) is 11.2. The minimum atomic E-state index is -0.443. The highest BCUT2D eigenvalue weighted by molar-refractivity contribution is 7.80. The number of rotatable bonds is 2. The van der Waals surface area contributed by atoms with Crippen LogP contribution in [0, 0.1) is 10.1 Å². The van der Waals surface area contributed by atoms with E-state index in [0.717, 1.165) is 0 Å². The molecular formula is C12H8ClNO2S. The molecule has 2 aromatic rings. The lowest BCUT2D eigenvalue weighted by Gasteiger charge is -2.07. The van der Waals surface area contributed by atoms with Crippen LogP contribution in [0.2, 0.25) is 5.02 Å². The summed E-state index contributed by atoms with van der Waals surface area (Å²) in [6.45, 7) is 0. The fourth-order valence-electron chi connectivity index (χ4n) is 1.62. The molecule has 0 amide bonds. The Morgan fingerprint density at radius 1 is 1.12 bits per heavy atom. The number of benzene rings is 2. The zero-order chi connectivity index (χ0) is 12.4. The topological polar surface area (TPSA) is 43.1 Å². The van der Waals surface area contributed by atoms with Crippen LogP contribution < -0.4 is 0 Å². The van der Waals surface area contributed by atoms with E-state index in [1.807, 2.05) is 6.07 Å². The van der Waals surface area contributed by atoms with E-state index in [-0.39, 0.29) is 5.69 Å². The molecule has 0 radical (unpaired) electrons. The van der Waals surface area contributed by atoms with Crippen molar-refractivity contribution in [3.8, 4) is 11.1 Å². The number of nitro benzene ring substituents is 1. The van der Waals surface area contributed by atoms with Gasteiger partial charge in [-0.2, -0.15) is 0 Å². The molecule has 0 bridgehead atoms. The normalized spacial score (nSPS) is 10.2. The van der Waals surface area contributed by atoms with Crippen LogP contribution >= 0.6 is 24.2 Å². The van der Waals surface area contributed by atoms with Crippen molar-refractivity contribution in [2.75, 3.05) is 0 Å². The number of nitrogens with zero attached hydrogens (tertiary/aromatic N) is 1. The van der Waals surface area contributed by atoms with Gasteiger partial charge in [0.05, 0.1) is 15.5 Å². The SMILES string of the molecule is O=[N+]([O-])c1cccc(Cl)c1-c1ccccc1S. The summed E-state index contributed by atoms with van der Waals surface area (Å²) in [5.74, 6) is 0. The monoisotopic (exact) mass is 265 g/mol. The van der Waals surface area contributed by atoms with Crippen molar-refractivity contribution in [3.63, 3.8) is 0 Å². The van der Waals surface area contributed by atoms with Crippen molar-refractivity contribution in [1.29, 1.82) is 0 Å². The van der Waals surface area contributed by atoms with Gasteiger partial charge in [-0.3, -0.25) is 10.1 Å². The quantitative estimate of drug-likeness (QED) is 0.502. The highest BCUT2D eigenvalue weighted by Crippen LogP contribution is 2.38. The molecule has 0 fully saturated rings. The van der Waals surface area contributed by atoms with Gasteiger partial charge in [-0.05, 0) is 12.1 Å². The van der Waals surface area contributed by atoms with Gasteiger partial charge in [0, 0.05) is 16.5 Å². The van der Waals surface area contributed by atoms with Crippen molar-refractivity contribution >= 4 is 29.9 Å². The molecule has 0 aliphatic carbocycles. The summed E-state index contributed by atoms with van der Waals surface area (Å²) in [6, 6.07) is 11.8. The number of nitro groups is 1. The minimum Gasteiger partial charge on any atom is -0.258 e. The molecule has 2 rings (SSSR count). The molecule has 0 aromatic heterocycles. The lowest BCUT2D eigenvalue weighted by Crippen LogP contribution is -1.93. The van der Waals surface area contributed by atoms with Gasteiger partial charge in [-0.25, -0.2) is 0 Å². The second kappa shape index (κ2) is 4.77. The molecule has 0 aliphatic rings. The van der Waals surface area contributed by atoms with Gasteiger partial charge in [0.1, 0.15) is 0 Å². The molecule has 0 atom stereocenters. The minimum absolute atomic E-state index is 0.0148. The first kappa shape index (κ1) is 12.0. The van der Waals surface area contributed by atoms with E-state index in [9.17, 15) is 10.1 Å². The Morgan fingerprint density at radius 2 is 1.82 bits per heavy atom. The van der Waals surface area contributed by atoms with Crippen LogP contribution in [0.25, 0.3) is 11.1 Å². The summed E-state index contributed by atoms with van der Waals surface area (Å²) in [5.41, 5.74) is 1.05. The summed E-state index contributed by atoms with van der Waals surface area (Å²) >= 11 is 10.3. The number of halogens is 1. The standard InChI is InChI=1S/C12H8ClNO2S/c13-9-5-3-6-10(14(15)16)12(9)8-4-1-2-7-11(8)17/h1-7,17H. The number of thiol groups is 1. The molecular weight excluding hydrogens is 258 g/mol. The molecule has 0 heterocycles. The Kier molecular flexibility index (Phi) is 3.36. The van der Waals surface area contributed by atoms with Crippen LogP contribution in [0.4, 0.5) is 5.69 Å². The van der Waals surface area contributed by atoms with Crippen LogP contribution in [0.15, 0.2) is 47.4 Å². The molecule has 0 unspecified atom stereocenters. The van der Waals surface area contributed by atoms with Crippen molar-refractivity contribution in [2.45, 2.75) is 4.90 Å². The number of hydrogen-bond donors (Lipinski definition) is 1. The smallest absolute Gasteiger partial charge is 0.258 e. The van der Waals surface area contributed by atoms with E-state index >= 15 is 0 Å². The van der Waals surface area contributed by atoms with Gasteiger partial charge in [-0.1, -0.05) is 35.9 Å². The Hall–Kier alpha value is -1.52.